The summed E-state index contributed by atoms with van der Waals surface area (Å²) in [6, 6.07) is 23.6. The van der Waals surface area contributed by atoms with Gasteiger partial charge in [-0.15, -0.1) is 0 Å². The molecule has 1 saturated carbocycles. The SMILES string of the molecule is COc1ccc([C@@]23C(=O)N(Nc4ccc(Cl)cc4Cl)C(=O)[C@@H]2C[C@@H]2C(=CC[C@@H]4C(=O)N(c5ccc(Br)cc5)C(=O)[C@@H]42)[C@@H]3c2cc(Br)ccc2O)cc1. The number of amides is 4. The number of nitrogens with zero attached hydrogens (tertiary/aromatic N) is 2. The van der Waals surface area contributed by atoms with Crippen molar-refractivity contribution in [1.29, 1.82) is 0 Å². The third kappa shape index (κ3) is 5.22. The number of rotatable bonds is 6. The number of carbonyl (C=O) groups is 4. The van der Waals surface area contributed by atoms with E-state index in [0.29, 0.717) is 37.6 Å². The van der Waals surface area contributed by atoms with Crippen LogP contribution in [-0.4, -0.2) is 40.9 Å². The van der Waals surface area contributed by atoms with Crippen LogP contribution in [-0.2, 0) is 24.6 Å². The average molecular weight is 866 g/mol. The minimum atomic E-state index is -1.60. The van der Waals surface area contributed by atoms with Gasteiger partial charge >= 0.3 is 0 Å². The number of nitrogens with one attached hydrogen (secondary N) is 1. The summed E-state index contributed by atoms with van der Waals surface area (Å²) in [4.78, 5) is 60.0. The number of hydrogen-bond donors (Lipinski definition) is 2. The summed E-state index contributed by atoms with van der Waals surface area (Å²) >= 11 is 19.7. The first-order valence-corrected chi connectivity index (χ1v) is 18.9. The fourth-order valence-corrected chi connectivity index (χ4v) is 9.88. The molecule has 2 heterocycles. The van der Waals surface area contributed by atoms with Crippen LogP contribution >= 0.6 is 55.1 Å². The number of ether oxygens (including phenoxy) is 1. The summed E-state index contributed by atoms with van der Waals surface area (Å²) in [5, 5.41) is 13.2. The first kappa shape index (κ1) is 34.9. The van der Waals surface area contributed by atoms with E-state index >= 15 is 4.79 Å². The van der Waals surface area contributed by atoms with Crippen molar-refractivity contribution in [2.45, 2.75) is 24.2 Å². The molecular weight excluding hydrogens is 837 g/mol. The van der Waals surface area contributed by atoms with E-state index in [1.165, 1.54) is 24.1 Å². The molecule has 4 aliphatic rings. The van der Waals surface area contributed by atoms with E-state index in [0.717, 1.165) is 9.48 Å². The van der Waals surface area contributed by atoms with Crippen LogP contribution in [0.3, 0.4) is 0 Å². The number of fused-ring (bicyclic) bond motifs is 4. The van der Waals surface area contributed by atoms with Crippen molar-refractivity contribution in [3.8, 4) is 11.5 Å². The summed E-state index contributed by atoms with van der Waals surface area (Å²) in [6.45, 7) is 0. The average Bonchev–Trinajstić information content (AvgIpc) is 3.51. The molecule has 13 heteroatoms. The number of allylic oxidation sites excluding steroid dienone is 2. The van der Waals surface area contributed by atoms with Gasteiger partial charge in [-0.3, -0.25) is 29.5 Å². The van der Waals surface area contributed by atoms with Gasteiger partial charge in [0.2, 0.25) is 11.8 Å². The van der Waals surface area contributed by atoms with Crippen LogP contribution in [0.5, 0.6) is 11.5 Å². The Kier molecular flexibility index (Phi) is 8.76. The number of phenols is 1. The quantitative estimate of drug-likeness (QED) is 0.148. The molecule has 2 aliphatic heterocycles. The lowest BCUT2D eigenvalue weighted by atomic mass is 9.49. The first-order valence-electron chi connectivity index (χ1n) is 16.5. The van der Waals surface area contributed by atoms with Crippen LogP contribution in [0.1, 0.15) is 29.9 Å². The zero-order chi connectivity index (χ0) is 36.6. The van der Waals surface area contributed by atoms with Gasteiger partial charge in [-0.25, -0.2) is 0 Å². The summed E-state index contributed by atoms with van der Waals surface area (Å²) in [5.74, 6) is -5.30. The smallest absolute Gasteiger partial charge is 0.260 e. The molecule has 0 spiro atoms. The Labute approximate surface area is 325 Å². The van der Waals surface area contributed by atoms with Gasteiger partial charge in [-0.05, 0) is 97.1 Å². The Morgan fingerprint density at radius 2 is 1.56 bits per heavy atom. The molecule has 0 aromatic heterocycles. The van der Waals surface area contributed by atoms with Crippen molar-refractivity contribution in [1.82, 2.24) is 5.01 Å². The summed E-state index contributed by atoms with van der Waals surface area (Å²) in [7, 11) is 1.54. The number of aromatic hydroxyl groups is 1. The van der Waals surface area contributed by atoms with E-state index in [4.69, 9.17) is 27.9 Å². The van der Waals surface area contributed by atoms with Crippen molar-refractivity contribution >= 4 is 90.1 Å². The summed E-state index contributed by atoms with van der Waals surface area (Å²) < 4.78 is 6.91. The molecule has 9 nitrogen and oxygen atoms in total. The van der Waals surface area contributed by atoms with E-state index < -0.39 is 46.8 Å². The van der Waals surface area contributed by atoms with E-state index in [9.17, 15) is 19.5 Å². The molecule has 2 N–H and O–H groups in total. The van der Waals surface area contributed by atoms with Gasteiger partial charge in [-0.2, -0.15) is 5.01 Å². The number of anilines is 2. The molecule has 2 saturated heterocycles. The second-order valence-corrected chi connectivity index (χ2v) is 16.1. The lowest BCUT2D eigenvalue weighted by molar-refractivity contribution is -0.138. The van der Waals surface area contributed by atoms with Gasteiger partial charge in [0, 0.05) is 25.4 Å². The first-order chi connectivity index (χ1) is 24.9. The van der Waals surface area contributed by atoms with Crippen molar-refractivity contribution in [3.63, 3.8) is 0 Å². The van der Waals surface area contributed by atoms with Crippen LogP contribution in [0, 0.1) is 23.7 Å². The van der Waals surface area contributed by atoms with Crippen molar-refractivity contribution in [2.75, 3.05) is 17.4 Å². The van der Waals surface area contributed by atoms with Crippen LogP contribution in [0.25, 0.3) is 0 Å². The number of methoxy groups -OCH3 is 1. The van der Waals surface area contributed by atoms with Crippen LogP contribution in [0.2, 0.25) is 10.0 Å². The predicted molar refractivity (Wildman–Crippen MR) is 203 cm³/mol. The Morgan fingerprint density at radius 1 is 0.846 bits per heavy atom. The number of carbonyl (C=O) groups excluding carboxylic acids is 4. The molecule has 52 heavy (non-hydrogen) atoms. The number of hydrazine groups is 1. The standard InChI is InChI=1S/C39H29Br2Cl2N3O6/c1-52-24-10-2-19(3-11-24)39-29(36(49)46(38(39)51)44-31-14-7-22(42)17-30(31)43)18-27-25(34(39)28-16-21(41)6-15-32(28)47)12-13-26-33(27)37(50)45(35(26)48)23-8-4-20(40)5-9-23/h2-12,14-17,26-27,29,33-34,44,47H,13,18H2,1H3/t26-,27+,29-,33-,34+,39+/m0/s1. The molecule has 4 amide bonds. The Balaban J connectivity index is 1.34. The van der Waals surface area contributed by atoms with E-state index in [1.54, 1.807) is 72.8 Å². The second kappa shape index (κ2) is 13.1. The monoisotopic (exact) mass is 863 g/mol. The Morgan fingerprint density at radius 3 is 2.25 bits per heavy atom. The maximum Gasteiger partial charge on any atom is 0.260 e. The molecule has 0 bridgehead atoms. The lowest BCUT2D eigenvalue weighted by Gasteiger charge is -2.50. The fraction of sp³-hybridized carbons (Fsp3) is 0.231. The molecule has 0 radical (unpaired) electrons. The van der Waals surface area contributed by atoms with Crippen LogP contribution in [0.4, 0.5) is 11.4 Å². The van der Waals surface area contributed by atoms with Crippen molar-refractivity contribution < 1.29 is 29.0 Å². The highest BCUT2D eigenvalue weighted by Crippen LogP contribution is 2.65. The van der Waals surface area contributed by atoms with Crippen LogP contribution in [0.15, 0.2) is 106 Å². The largest absolute Gasteiger partial charge is 0.508 e. The lowest BCUT2D eigenvalue weighted by Crippen LogP contribution is -2.53. The fourth-order valence-electron chi connectivity index (χ4n) is 8.79. The van der Waals surface area contributed by atoms with E-state index in [2.05, 4.69) is 37.3 Å². The predicted octanol–water partition coefficient (Wildman–Crippen LogP) is 8.42. The molecule has 6 atom stereocenters. The van der Waals surface area contributed by atoms with Gasteiger partial charge < -0.3 is 9.84 Å². The molecule has 8 rings (SSSR count). The third-order valence-electron chi connectivity index (χ3n) is 11.0. The molecule has 4 aromatic carbocycles. The number of imide groups is 2. The second-order valence-electron chi connectivity index (χ2n) is 13.4. The third-order valence-corrected chi connectivity index (χ3v) is 12.5. The summed E-state index contributed by atoms with van der Waals surface area (Å²) in [6.07, 6.45) is 2.28. The maximum absolute atomic E-state index is 15.4. The zero-order valence-corrected chi connectivity index (χ0v) is 32.0. The number of benzene rings is 4. The number of halogens is 4. The van der Waals surface area contributed by atoms with E-state index in [-0.39, 0.29) is 41.1 Å². The topological polar surface area (TPSA) is 116 Å². The zero-order valence-electron chi connectivity index (χ0n) is 27.4. The van der Waals surface area contributed by atoms with Gasteiger partial charge in [0.1, 0.15) is 11.5 Å². The number of hydrogen-bond acceptors (Lipinski definition) is 7. The highest BCUT2D eigenvalue weighted by molar-refractivity contribution is 9.10. The van der Waals surface area contributed by atoms with Gasteiger partial charge in [0.05, 0.1) is 46.7 Å². The highest BCUT2D eigenvalue weighted by atomic mass is 79.9. The van der Waals surface area contributed by atoms with Gasteiger partial charge in [0.15, 0.2) is 0 Å². The van der Waals surface area contributed by atoms with Gasteiger partial charge in [-0.1, -0.05) is 78.8 Å². The Bertz CT molecular complexity index is 2210. The molecule has 2 aliphatic carbocycles. The molecule has 264 valence electrons. The molecule has 0 unspecified atom stereocenters. The van der Waals surface area contributed by atoms with Crippen molar-refractivity contribution in [3.05, 3.63) is 127 Å². The molecule has 4 aromatic rings. The normalized spacial score (nSPS) is 26.6. The van der Waals surface area contributed by atoms with Crippen LogP contribution < -0.4 is 15.1 Å². The highest BCUT2D eigenvalue weighted by Gasteiger charge is 2.70. The van der Waals surface area contributed by atoms with E-state index in [1.807, 2.05) is 6.08 Å². The minimum absolute atomic E-state index is 0.0822. The summed E-state index contributed by atoms with van der Waals surface area (Å²) in [5.41, 5.74) is 3.77. The van der Waals surface area contributed by atoms with Crippen molar-refractivity contribution in [2.24, 2.45) is 23.7 Å². The van der Waals surface area contributed by atoms with Gasteiger partial charge in [0.25, 0.3) is 11.8 Å². The number of phenolic OH excluding ortho intramolecular Hbond substituents is 1. The molecule has 3 fully saturated rings. The minimum Gasteiger partial charge on any atom is -0.508 e. The maximum atomic E-state index is 15.4. The Hall–Kier alpha value is -4.16. The molecular formula is C39H29Br2Cl2N3O6.